The van der Waals surface area contributed by atoms with E-state index in [4.69, 9.17) is 0 Å². The van der Waals surface area contributed by atoms with Crippen molar-refractivity contribution < 1.29 is 0 Å². The van der Waals surface area contributed by atoms with Crippen molar-refractivity contribution in [3.05, 3.63) is 48.5 Å². The molecule has 0 aliphatic carbocycles. The monoisotopic (exact) mass is 237 g/mol. The maximum Gasteiger partial charge on any atom is 0.125 e. The Morgan fingerprint density at radius 2 is 2.00 bits per heavy atom. The average molecular weight is 237 g/mol. The molecule has 3 heteroatoms. The van der Waals surface area contributed by atoms with Crippen LogP contribution in [0.4, 0.5) is 0 Å². The van der Waals surface area contributed by atoms with Gasteiger partial charge in [-0.15, -0.1) is 0 Å². The molecular weight excluding hydrogens is 222 g/mol. The summed E-state index contributed by atoms with van der Waals surface area (Å²) in [6, 6.07) is 10.4. The molecule has 0 fully saturated rings. The predicted octanol–water partition coefficient (Wildman–Crippen LogP) is 3.43. The third kappa shape index (κ3) is 1.68. The number of aryl methyl sites for hydroxylation is 2. The highest BCUT2D eigenvalue weighted by Gasteiger charge is 2.10. The fourth-order valence-electron chi connectivity index (χ4n) is 2.32. The van der Waals surface area contributed by atoms with Crippen LogP contribution in [-0.2, 0) is 6.54 Å². The van der Waals surface area contributed by atoms with Gasteiger partial charge in [0.25, 0.3) is 0 Å². The molecule has 3 aromatic rings. The third-order valence-electron chi connectivity index (χ3n) is 3.18. The lowest BCUT2D eigenvalue weighted by Gasteiger charge is -1.99. The molecule has 0 N–H and O–H groups in total. The van der Waals surface area contributed by atoms with Gasteiger partial charge in [-0.25, -0.2) is 9.97 Å². The molecule has 3 rings (SSSR count). The molecule has 0 amide bonds. The van der Waals surface area contributed by atoms with E-state index in [0.29, 0.717) is 0 Å². The van der Waals surface area contributed by atoms with Crippen LogP contribution in [-0.4, -0.2) is 14.5 Å². The molecule has 2 aromatic heterocycles. The minimum atomic E-state index is 0.806. The summed E-state index contributed by atoms with van der Waals surface area (Å²) in [7, 11) is 0. The van der Waals surface area contributed by atoms with Gasteiger partial charge in [0.2, 0.25) is 0 Å². The van der Waals surface area contributed by atoms with Gasteiger partial charge in [0, 0.05) is 35.4 Å². The Hall–Kier alpha value is -2.16. The summed E-state index contributed by atoms with van der Waals surface area (Å²) in [6.07, 6.45) is 3.99. The summed E-state index contributed by atoms with van der Waals surface area (Å²) < 4.78 is 2.25. The standard InChI is InChI=1S/C15H15N3/c1-3-18-10-13(12-6-4-5-7-15(12)18)14-8-9-16-11(2)17-14/h4-10H,3H2,1-2H3. The second-order valence-corrected chi connectivity index (χ2v) is 4.34. The van der Waals surface area contributed by atoms with Gasteiger partial charge in [0.1, 0.15) is 5.82 Å². The minimum Gasteiger partial charge on any atom is -0.347 e. The molecule has 2 heterocycles. The van der Waals surface area contributed by atoms with Gasteiger partial charge in [-0.3, -0.25) is 0 Å². The van der Waals surface area contributed by atoms with E-state index < -0.39 is 0 Å². The topological polar surface area (TPSA) is 30.7 Å². The van der Waals surface area contributed by atoms with Crippen LogP contribution in [0.15, 0.2) is 42.7 Å². The Labute approximate surface area is 106 Å². The van der Waals surface area contributed by atoms with Crippen LogP contribution in [0.2, 0.25) is 0 Å². The van der Waals surface area contributed by atoms with E-state index >= 15 is 0 Å². The summed E-state index contributed by atoms with van der Waals surface area (Å²) in [6.45, 7) is 5.04. The molecule has 1 aromatic carbocycles. The smallest absolute Gasteiger partial charge is 0.125 e. The Balaban J connectivity index is 2.29. The number of hydrogen-bond acceptors (Lipinski definition) is 2. The number of aromatic nitrogens is 3. The van der Waals surface area contributed by atoms with Crippen LogP contribution in [0, 0.1) is 6.92 Å². The molecule has 3 nitrogen and oxygen atoms in total. The summed E-state index contributed by atoms with van der Waals surface area (Å²) in [4.78, 5) is 8.67. The van der Waals surface area contributed by atoms with Crippen LogP contribution < -0.4 is 0 Å². The van der Waals surface area contributed by atoms with Gasteiger partial charge < -0.3 is 4.57 Å². The van der Waals surface area contributed by atoms with Gasteiger partial charge >= 0.3 is 0 Å². The molecule has 0 atom stereocenters. The van der Waals surface area contributed by atoms with Crippen LogP contribution in [0.5, 0.6) is 0 Å². The van der Waals surface area contributed by atoms with Gasteiger partial charge in [-0.2, -0.15) is 0 Å². The maximum atomic E-state index is 4.52. The molecule has 0 aliphatic rings. The van der Waals surface area contributed by atoms with Crippen molar-refractivity contribution in [3.8, 4) is 11.3 Å². The zero-order valence-electron chi connectivity index (χ0n) is 10.6. The molecule has 18 heavy (non-hydrogen) atoms. The molecule has 0 saturated carbocycles. The average Bonchev–Trinajstić information content (AvgIpc) is 2.77. The highest BCUT2D eigenvalue weighted by Crippen LogP contribution is 2.29. The first kappa shape index (κ1) is 11.0. The summed E-state index contributed by atoms with van der Waals surface area (Å²) >= 11 is 0. The van der Waals surface area contributed by atoms with E-state index in [1.807, 2.05) is 19.2 Å². The van der Waals surface area contributed by atoms with Crippen LogP contribution in [0.1, 0.15) is 12.7 Å². The van der Waals surface area contributed by atoms with Crippen molar-refractivity contribution in [2.24, 2.45) is 0 Å². The Bertz CT molecular complexity index is 698. The number of para-hydroxylation sites is 1. The van der Waals surface area contributed by atoms with Crippen LogP contribution in [0.25, 0.3) is 22.2 Å². The molecular formula is C15H15N3. The number of rotatable bonds is 2. The zero-order valence-corrected chi connectivity index (χ0v) is 10.6. The van der Waals surface area contributed by atoms with Crippen LogP contribution >= 0.6 is 0 Å². The Kier molecular flexibility index (Phi) is 2.59. The lowest BCUT2D eigenvalue weighted by atomic mass is 10.1. The van der Waals surface area contributed by atoms with Crippen molar-refractivity contribution in [2.75, 3.05) is 0 Å². The normalized spacial score (nSPS) is 11.0. The van der Waals surface area contributed by atoms with E-state index in [0.717, 1.165) is 18.1 Å². The second-order valence-electron chi connectivity index (χ2n) is 4.34. The van der Waals surface area contributed by atoms with Crippen molar-refractivity contribution in [2.45, 2.75) is 20.4 Å². The number of benzene rings is 1. The quantitative estimate of drug-likeness (QED) is 0.683. The van der Waals surface area contributed by atoms with E-state index in [1.165, 1.54) is 16.5 Å². The number of hydrogen-bond donors (Lipinski definition) is 0. The summed E-state index contributed by atoms with van der Waals surface area (Å²) in [5.74, 6) is 0.806. The first-order chi connectivity index (χ1) is 8.79. The lowest BCUT2D eigenvalue weighted by Crippen LogP contribution is -1.90. The van der Waals surface area contributed by atoms with Crippen molar-refractivity contribution in [1.82, 2.24) is 14.5 Å². The van der Waals surface area contributed by atoms with Crippen molar-refractivity contribution >= 4 is 10.9 Å². The van der Waals surface area contributed by atoms with Gasteiger partial charge in [-0.05, 0) is 26.0 Å². The van der Waals surface area contributed by atoms with Gasteiger partial charge in [-0.1, -0.05) is 18.2 Å². The number of fused-ring (bicyclic) bond motifs is 1. The predicted molar refractivity (Wildman–Crippen MR) is 73.4 cm³/mol. The maximum absolute atomic E-state index is 4.52. The molecule has 0 unspecified atom stereocenters. The van der Waals surface area contributed by atoms with E-state index in [9.17, 15) is 0 Å². The zero-order chi connectivity index (χ0) is 12.5. The molecule has 0 radical (unpaired) electrons. The minimum absolute atomic E-state index is 0.806. The largest absolute Gasteiger partial charge is 0.347 e. The lowest BCUT2D eigenvalue weighted by molar-refractivity contribution is 0.798. The summed E-state index contributed by atoms with van der Waals surface area (Å²) in [5.41, 5.74) is 3.43. The van der Waals surface area contributed by atoms with E-state index in [-0.39, 0.29) is 0 Å². The van der Waals surface area contributed by atoms with E-state index in [2.05, 4.69) is 51.9 Å². The van der Waals surface area contributed by atoms with Crippen molar-refractivity contribution in [3.63, 3.8) is 0 Å². The SMILES string of the molecule is CCn1cc(-c2ccnc(C)n2)c2ccccc21. The van der Waals surface area contributed by atoms with Crippen LogP contribution in [0.3, 0.4) is 0 Å². The fourth-order valence-corrected chi connectivity index (χ4v) is 2.32. The first-order valence-corrected chi connectivity index (χ1v) is 6.17. The molecule has 0 spiro atoms. The van der Waals surface area contributed by atoms with Gasteiger partial charge in [0.05, 0.1) is 5.69 Å². The summed E-state index contributed by atoms with van der Waals surface area (Å²) in [5, 5.41) is 1.25. The highest BCUT2D eigenvalue weighted by molar-refractivity contribution is 5.95. The molecule has 90 valence electrons. The van der Waals surface area contributed by atoms with Gasteiger partial charge in [0.15, 0.2) is 0 Å². The molecule has 0 bridgehead atoms. The third-order valence-corrected chi connectivity index (χ3v) is 3.18. The fraction of sp³-hybridized carbons (Fsp3) is 0.200. The first-order valence-electron chi connectivity index (χ1n) is 6.17. The second kappa shape index (κ2) is 4.26. The Morgan fingerprint density at radius 3 is 2.78 bits per heavy atom. The molecule has 0 aliphatic heterocycles. The Morgan fingerprint density at radius 1 is 1.17 bits per heavy atom. The number of nitrogens with zero attached hydrogens (tertiary/aromatic N) is 3. The van der Waals surface area contributed by atoms with E-state index in [1.54, 1.807) is 0 Å². The molecule has 0 saturated heterocycles. The van der Waals surface area contributed by atoms with Crippen molar-refractivity contribution in [1.29, 1.82) is 0 Å². The highest BCUT2D eigenvalue weighted by atomic mass is 15.0.